The molecule has 1 aliphatic carbocycles. The fourth-order valence-electron chi connectivity index (χ4n) is 4.16. The molecule has 1 aliphatic heterocycles. The fourth-order valence-corrected chi connectivity index (χ4v) is 4.34. The lowest BCUT2D eigenvalue weighted by Gasteiger charge is -2.27. The van der Waals surface area contributed by atoms with Crippen molar-refractivity contribution in [2.45, 2.75) is 51.4 Å². The molecule has 2 aliphatic rings. The van der Waals surface area contributed by atoms with Crippen LogP contribution in [-0.4, -0.2) is 24.7 Å². The van der Waals surface area contributed by atoms with Crippen LogP contribution in [0.1, 0.15) is 55.1 Å². The molecular weight excluding hydrogens is 312 g/mol. The Kier molecular flexibility index (Phi) is 5.07. The molecule has 1 saturated heterocycles. The van der Waals surface area contributed by atoms with Crippen molar-refractivity contribution in [1.82, 2.24) is 5.32 Å². The Morgan fingerprint density at radius 2 is 2.17 bits per heavy atom. The van der Waals surface area contributed by atoms with Gasteiger partial charge in [-0.1, -0.05) is 31.4 Å². The quantitative estimate of drug-likeness (QED) is 0.782. The van der Waals surface area contributed by atoms with E-state index < -0.39 is 0 Å². The van der Waals surface area contributed by atoms with Gasteiger partial charge in [-0.2, -0.15) is 0 Å². The summed E-state index contributed by atoms with van der Waals surface area (Å²) in [7, 11) is 0. The minimum absolute atomic E-state index is 0.00702. The summed E-state index contributed by atoms with van der Waals surface area (Å²) in [6.45, 7) is 4.69. The molecule has 0 saturated carbocycles. The van der Waals surface area contributed by atoms with Crippen LogP contribution in [0.15, 0.2) is 18.2 Å². The van der Waals surface area contributed by atoms with E-state index in [0.29, 0.717) is 11.6 Å². The van der Waals surface area contributed by atoms with Crippen molar-refractivity contribution >= 4 is 17.4 Å². The van der Waals surface area contributed by atoms with Crippen LogP contribution < -0.4 is 11.1 Å². The van der Waals surface area contributed by atoms with Crippen LogP contribution in [0.5, 0.6) is 0 Å². The van der Waals surface area contributed by atoms with Gasteiger partial charge < -0.3 is 15.8 Å². The lowest BCUT2D eigenvalue weighted by Crippen LogP contribution is -2.47. The van der Waals surface area contributed by atoms with Crippen LogP contribution >= 0.6 is 11.6 Å². The van der Waals surface area contributed by atoms with Gasteiger partial charge in [0, 0.05) is 29.2 Å². The largest absolute Gasteiger partial charge is 0.362 e. The van der Waals surface area contributed by atoms with Crippen molar-refractivity contribution in [1.29, 1.82) is 0 Å². The summed E-state index contributed by atoms with van der Waals surface area (Å²) in [5, 5.41) is 4.25. The summed E-state index contributed by atoms with van der Waals surface area (Å²) >= 11 is 6.14. The van der Waals surface area contributed by atoms with Gasteiger partial charge in [0.15, 0.2) is 5.78 Å². The zero-order valence-corrected chi connectivity index (χ0v) is 14.5. The standard InChI is InChI=1S/C18H25ClN2O2/c1-3-5-6-12-14-15(21-16(12)18(20)23-4-2)13-9-10(19)7-8-11(13)17(14)22/h7-9,12,14-16,18,21H,3-6,20H2,1-2H3. The molecule has 0 aromatic heterocycles. The molecule has 126 valence electrons. The van der Waals surface area contributed by atoms with Gasteiger partial charge in [0.05, 0.1) is 6.04 Å². The molecule has 1 aromatic carbocycles. The molecule has 4 nitrogen and oxygen atoms in total. The van der Waals surface area contributed by atoms with Gasteiger partial charge in [-0.25, -0.2) is 0 Å². The van der Waals surface area contributed by atoms with Crippen molar-refractivity contribution in [3.05, 3.63) is 34.3 Å². The lowest BCUT2D eigenvalue weighted by molar-refractivity contribution is 0.0276. The molecule has 3 rings (SSSR count). The number of nitrogens with two attached hydrogens (primary N) is 1. The van der Waals surface area contributed by atoms with E-state index in [0.717, 1.165) is 30.4 Å². The Bertz CT molecular complexity index is 592. The molecule has 0 radical (unpaired) electrons. The zero-order chi connectivity index (χ0) is 16.6. The highest BCUT2D eigenvalue weighted by Gasteiger charge is 2.53. The third kappa shape index (κ3) is 2.93. The highest BCUT2D eigenvalue weighted by molar-refractivity contribution is 6.30. The minimum atomic E-state index is -0.386. The zero-order valence-electron chi connectivity index (χ0n) is 13.7. The van der Waals surface area contributed by atoms with E-state index in [9.17, 15) is 4.79 Å². The van der Waals surface area contributed by atoms with Gasteiger partial charge in [0.25, 0.3) is 0 Å². The summed E-state index contributed by atoms with van der Waals surface area (Å²) in [5.74, 6) is 0.383. The normalized spacial score (nSPS) is 30.3. The van der Waals surface area contributed by atoms with E-state index in [1.54, 1.807) is 6.07 Å². The topological polar surface area (TPSA) is 64.3 Å². The maximum atomic E-state index is 12.9. The average Bonchev–Trinajstić information content (AvgIpc) is 3.02. The second-order valence-electron chi connectivity index (χ2n) is 6.52. The summed E-state index contributed by atoms with van der Waals surface area (Å²) in [4.78, 5) is 12.9. The number of Topliss-reactive ketones (excluding diaryl/α,β-unsaturated/α-hetero) is 1. The average molecular weight is 337 g/mol. The molecule has 1 heterocycles. The third-order valence-electron chi connectivity index (χ3n) is 5.17. The van der Waals surface area contributed by atoms with Crippen LogP contribution in [0.3, 0.4) is 0 Å². The van der Waals surface area contributed by atoms with Gasteiger partial charge in [-0.3, -0.25) is 4.79 Å². The van der Waals surface area contributed by atoms with Gasteiger partial charge in [-0.05, 0) is 43.0 Å². The predicted octanol–water partition coefficient (Wildman–Crippen LogP) is 3.29. The number of benzene rings is 1. The van der Waals surface area contributed by atoms with Crippen molar-refractivity contribution in [2.24, 2.45) is 17.6 Å². The van der Waals surface area contributed by atoms with Crippen LogP contribution in [0.2, 0.25) is 5.02 Å². The Hall–Kier alpha value is -0.940. The SMILES string of the molecule is CCCCC1C(C(N)OCC)NC2c3cc(Cl)ccc3C(=O)C21. The molecule has 3 N–H and O–H groups in total. The Morgan fingerprint density at radius 3 is 2.87 bits per heavy atom. The molecule has 23 heavy (non-hydrogen) atoms. The summed E-state index contributed by atoms with van der Waals surface area (Å²) in [6.07, 6.45) is 2.80. The van der Waals surface area contributed by atoms with Gasteiger partial charge >= 0.3 is 0 Å². The molecule has 1 aromatic rings. The molecular formula is C18H25ClN2O2. The van der Waals surface area contributed by atoms with Crippen LogP contribution in [0.4, 0.5) is 0 Å². The summed E-state index contributed by atoms with van der Waals surface area (Å²) < 4.78 is 5.63. The van der Waals surface area contributed by atoms with E-state index in [4.69, 9.17) is 22.1 Å². The Labute approximate surface area is 142 Å². The van der Waals surface area contributed by atoms with E-state index in [2.05, 4.69) is 12.2 Å². The molecule has 0 bridgehead atoms. The first-order chi connectivity index (χ1) is 11.1. The predicted molar refractivity (Wildman–Crippen MR) is 91.6 cm³/mol. The first kappa shape index (κ1) is 16.9. The first-order valence-electron chi connectivity index (χ1n) is 8.55. The molecule has 5 unspecified atom stereocenters. The van der Waals surface area contributed by atoms with Crippen molar-refractivity contribution in [3.8, 4) is 0 Å². The highest BCUT2D eigenvalue weighted by atomic mass is 35.5. The maximum absolute atomic E-state index is 12.9. The fraction of sp³-hybridized carbons (Fsp3) is 0.611. The highest BCUT2D eigenvalue weighted by Crippen LogP contribution is 2.48. The number of nitrogens with one attached hydrogen (secondary N) is 1. The number of rotatable bonds is 6. The van der Waals surface area contributed by atoms with Crippen molar-refractivity contribution in [3.63, 3.8) is 0 Å². The molecule has 5 heteroatoms. The van der Waals surface area contributed by atoms with Crippen LogP contribution in [0.25, 0.3) is 0 Å². The number of fused-ring (bicyclic) bond motifs is 3. The molecule has 0 amide bonds. The van der Waals surface area contributed by atoms with Crippen molar-refractivity contribution < 1.29 is 9.53 Å². The monoisotopic (exact) mass is 336 g/mol. The number of ketones is 1. The lowest BCUT2D eigenvalue weighted by atomic mass is 9.82. The van der Waals surface area contributed by atoms with E-state index in [1.165, 1.54) is 0 Å². The summed E-state index contributed by atoms with van der Waals surface area (Å²) in [5.41, 5.74) is 8.05. The number of carbonyl (C=O) groups excluding carboxylic acids is 1. The minimum Gasteiger partial charge on any atom is -0.362 e. The van der Waals surface area contributed by atoms with Crippen molar-refractivity contribution in [2.75, 3.05) is 6.61 Å². The first-order valence-corrected chi connectivity index (χ1v) is 8.93. The Balaban J connectivity index is 1.92. The number of hydrogen-bond acceptors (Lipinski definition) is 4. The van der Waals surface area contributed by atoms with Crippen LogP contribution in [-0.2, 0) is 4.74 Å². The maximum Gasteiger partial charge on any atom is 0.168 e. The third-order valence-corrected chi connectivity index (χ3v) is 5.41. The van der Waals surface area contributed by atoms with E-state index >= 15 is 0 Å². The number of halogens is 1. The number of carbonyl (C=O) groups is 1. The van der Waals surface area contributed by atoms with Gasteiger partial charge in [-0.15, -0.1) is 0 Å². The van der Waals surface area contributed by atoms with Gasteiger partial charge in [0.2, 0.25) is 0 Å². The number of unbranched alkanes of at least 4 members (excludes halogenated alkanes) is 1. The smallest absolute Gasteiger partial charge is 0.168 e. The second-order valence-corrected chi connectivity index (χ2v) is 6.95. The Morgan fingerprint density at radius 1 is 1.39 bits per heavy atom. The molecule has 1 fully saturated rings. The number of ether oxygens (including phenoxy) is 1. The number of hydrogen-bond donors (Lipinski definition) is 2. The molecule has 5 atom stereocenters. The second kappa shape index (κ2) is 6.89. The molecule has 0 spiro atoms. The summed E-state index contributed by atoms with van der Waals surface area (Å²) in [6, 6.07) is 5.58. The van der Waals surface area contributed by atoms with E-state index in [1.807, 2.05) is 19.1 Å². The van der Waals surface area contributed by atoms with E-state index in [-0.39, 0.29) is 35.9 Å². The van der Waals surface area contributed by atoms with Gasteiger partial charge in [0.1, 0.15) is 6.23 Å². The van der Waals surface area contributed by atoms with Crippen LogP contribution in [0, 0.1) is 11.8 Å².